The van der Waals surface area contributed by atoms with Gasteiger partial charge < -0.3 is 10.1 Å². The summed E-state index contributed by atoms with van der Waals surface area (Å²) in [5, 5.41) is 3.67. The SMILES string of the molecule is COC1CCC(NCCCC(C)C)CC1. The van der Waals surface area contributed by atoms with Crippen molar-refractivity contribution in [3.05, 3.63) is 0 Å². The van der Waals surface area contributed by atoms with Crippen LogP contribution in [-0.2, 0) is 4.74 Å². The number of methoxy groups -OCH3 is 1. The second-order valence-electron chi connectivity index (χ2n) is 5.20. The summed E-state index contributed by atoms with van der Waals surface area (Å²) in [7, 11) is 1.83. The first kappa shape index (κ1) is 13.0. The van der Waals surface area contributed by atoms with E-state index in [0.717, 1.165) is 12.0 Å². The maximum Gasteiger partial charge on any atom is 0.0572 e. The molecule has 0 aromatic heterocycles. The van der Waals surface area contributed by atoms with Gasteiger partial charge in [-0.15, -0.1) is 0 Å². The van der Waals surface area contributed by atoms with Crippen LogP contribution in [-0.4, -0.2) is 25.8 Å². The van der Waals surface area contributed by atoms with Crippen LogP contribution in [0.1, 0.15) is 52.4 Å². The van der Waals surface area contributed by atoms with Gasteiger partial charge in [-0.1, -0.05) is 13.8 Å². The standard InChI is InChI=1S/C13H27NO/c1-11(2)5-4-10-14-12-6-8-13(15-3)9-7-12/h11-14H,4-10H2,1-3H3. The minimum Gasteiger partial charge on any atom is -0.381 e. The first-order valence-electron chi connectivity index (χ1n) is 6.48. The highest BCUT2D eigenvalue weighted by atomic mass is 16.5. The van der Waals surface area contributed by atoms with Gasteiger partial charge in [-0.3, -0.25) is 0 Å². The minimum atomic E-state index is 0.527. The van der Waals surface area contributed by atoms with Crippen LogP contribution in [0.2, 0.25) is 0 Å². The van der Waals surface area contributed by atoms with Crippen LogP contribution in [0, 0.1) is 5.92 Å². The Hall–Kier alpha value is -0.0800. The van der Waals surface area contributed by atoms with Crippen LogP contribution in [0.4, 0.5) is 0 Å². The molecule has 1 saturated carbocycles. The van der Waals surface area contributed by atoms with E-state index in [1.807, 2.05) is 7.11 Å². The van der Waals surface area contributed by atoms with E-state index in [9.17, 15) is 0 Å². The largest absolute Gasteiger partial charge is 0.381 e. The molecule has 0 aliphatic heterocycles. The third-order valence-corrected chi connectivity index (χ3v) is 3.40. The molecule has 1 N–H and O–H groups in total. The second kappa shape index (κ2) is 7.24. The Bertz CT molecular complexity index is 151. The predicted molar refractivity (Wildman–Crippen MR) is 65.1 cm³/mol. The zero-order chi connectivity index (χ0) is 11.1. The quantitative estimate of drug-likeness (QED) is 0.685. The summed E-state index contributed by atoms with van der Waals surface area (Å²) >= 11 is 0. The summed E-state index contributed by atoms with van der Waals surface area (Å²) < 4.78 is 5.37. The van der Waals surface area contributed by atoms with Gasteiger partial charge in [0.2, 0.25) is 0 Å². The molecule has 1 fully saturated rings. The second-order valence-corrected chi connectivity index (χ2v) is 5.20. The van der Waals surface area contributed by atoms with E-state index >= 15 is 0 Å². The van der Waals surface area contributed by atoms with Gasteiger partial charge in [-0.25, -0.2) is 0 Å². The zero-order valence-electron chi connectivity index (χ0n) is 10.6. The van der Waals surface area contributed by atoms with Crippen molar-refractivity contribution in [2.75, 3.05) is 13.7 Å². The molecule has 0 aromatic rings. The van der Waals surface area contributed by atoms with Crippen molar-refractivity contribution in [2.45, 2.75) is 64.5 Å². The fraction of sp³-hybridized carbons (Fsp3) is 1.00. The Labute approximate surface area is 94.8 Å². The normalized spacial score (nSPS) is 27.2. The molecular formula is C13H27NO. The van der Waals surface area contributed by atoms with Crippen LogP contribution in [0.15, 0.2) is 0 Å². The van der Waals surface area contributed by atoms with E-state index < -0.39 is 0 Å². The molecule has 2 nitrogen and oxygen atoms in total. The van der Waals surface area contributed by atoms with Crippen molar-refractivity contribution in [1.29, 1.82) is 0 Å². The maximum absolute atomic E-state index is 5.37. The van der Waals surface area contributed by atoms with Crippen molar-refractivity contribution >= 4 is 0 Å². The molecule has 0 saturated heterocycles. The lowest BCUT2D eigenvalue weighted by Crippen LogP contribution is -2.35. The molecule has 1 rings (SSSR count). The summed E-state index contributed by atoms with van der Waals surface area (Å²) in [6, 6.07) is 0.753. The lowest BCUT2D eigenvalue weighted by atomic mass is 9.93. The van der Waals surface area contributed by atoms with Crippen LogP contribution < -0.4 is 5.32 Å². The van der Waals surface area contributed by atoms with Crippen LogP contribution in [0.3, 0.4) is 0 Å². The van der Waals surface area contributed by atoms with Crippen molar-refractivity contribution in [2.24, 2.45) is 5.92 Å². The van der Waals surface area contributed by atoms with E-state index in [2.05, 4.69) is 19.2 Å². The number of rotatable bonds is 6. The Morgan fingerprint density at radius 2 is 1.87 bits per heavy atom. The molecule has 0 unspecified atom stereocenters. The summed E-state index contributed by atoms with van der Waals surface area (Å²) in [5.41, 5.74) is 0. The first-order valence-corrected chi connectivity index (χ1v) is 6.48. The summed E-state index contributed by atoms with van der Waals surface area (Å²) in [4.78, 5) is 0. The zero-order valence-corrected chi connectivity index (χ0v) is 10.6. The highest BCUT2D eigenvalue weighted by Crippen LogP contribution is 2.20. The molecule has 1 aliphatic carbocycles. The Balaban J connectivity index is 1.99. The van der Waals surface area contributed by atoms with Gasteiger partial charge >= 0.3 is 0 Å². The maximum atomic E-state index is 5.37. The van der Waals surface area contributed by atoms with Gasteiger partial charge in [0.1, 0.15) is 0 Å². The highest BCUT2D eigenvalue weighted by Gasteiger charge is 2.19. The number of nitrogens with one attached hydrogen (secondary N) is 1. The lowest BCUT2D eigenvalue weighted by Gasteiger charge is -2.28. The van der Waals surface area contributed by atoms with E-state index in [1.54, 1.807) is 0 Å². The van der Waals surface area contributed by atoms with Gasteiger partial charge in [-0.05, 0) is 51.0 Å². The average molecular weight is 213 g/mol. The molecular weight excluding hydrogens is 186 g/mol. The number of hydrogen-bond donors (Lipinski definition) is 1. The molecule has 0 heterocycles. The van der Waals surface area contributed by atoms with Crippen molar-refractivity contribution in [3.63, 3.8) is 0 Å². The minimum absolute atomic E-state index is 0.527. The Morgan fingerprint density at radius 3 is 2.40 bits per heavy atom. The van der Waals surface area contributed by atoms with Crippen molar-refractivity contribution < 1.29 is 4.74 Å². The summed E-state index contributed by atoms with van der Waals surface area (Å²) in [5.74, 6) is 0.844. The fourth-order valence-corrected chi connectivity index (χ4v) is 2.32. The van der Waals surface area contributed by atoms with E-state index in [-0.39, 0.29) is 0 Å². The average Bonchev–Trinajstić information content (AvgIpc) is 2.25. The summed E-state index contributed by atoms with van der Waals surface area (Å²) in [6.45, 7) is 5.79. The van der Waals surface area contributed by atoms with E-state index in [1.165, 1.54) is 45.1 Å². The third-order valence-electron chi connectivity index (χ3n) is 3.40. The van der Waals surface area contributed by atoms with Crippen LogP contribution >= 0.6 is 0 Å². The molecule has 90 valence electrons. The topological polar surface area (TPSA) is 21.3 Å². The van der Waals surface area contributed by atoms with Crippen LogP contribution in [0.5, 0.6) is 0 Å². The van der Waals surface area contributed by atoms with Gasteiger partial charge in [0.15, 0.2) is 0 Å². The van der Waals surface area contributed by atoms with E-state index in [4.69, 9.17) is 4.74 Å². The Morgan fingerprint density at radius 1 is 1.20 bits per heavy atom. The third kappa shape index (κ3) is 5.53. The molecule has 1 aliphatic rings. The summed E-state index contributed by atoms with van der Waals surface area (Å²) in [6.07, 6.45) is 8.25. The molecule has 0 spiro atoms. The number of ether oxygens (including phenoxy) is 1. The predicted octanol–water partition coefficient (Wildman–Crippen LogP) is 2.97. The molecule has 0 atom stereocenters. The molecule has 15 heavy (non-hydrogen) atoms. The smallest absolute Gasteiger partial charge is 0.0572 e. The van der Waals surface area contributed by atoms with Crippen molar-refractivity contribution in [3.8, 4) is 0 Å². The molecule has 0 amide bonds. The lowest BCUT2D eigenvalue weighted by molar-refractivity contribution is 0.0625. The van der Waals surface area contributed by atoms with E-state index in [0.29, 0.717) is 6.10 Å². The van der Waals surface area contributed by atoms with Gasteiger partial charge in [0.05, 0.1) is 6.10 Å². The molecule has 2 heteroatoms. The Kier molecular flexibility index (Phi) is 6.26. The molecule has 0 aromatic carbocycles. The number of hydrogen-bond acceptors (Lipinski definition) is 2. The molecule has 0 bridgehead atoms. The monoisotopic (exact) mass is 213 g/mol. The fourth-order valence-electron chi connectivity index (χ4n) is 2.32. The van der Waals surface area contributed by atoms with Gasteiger partial charge in [0, 0.05) is 13.2 Å². The molecule has 0 radical (unpaired) electrons. The van der Waals surface area contributed by atoms with Gasteiger partial charge in [0.25, 0.3) is 0 Å². The van der Waals surface area contributed by atoms with Crippen LogP contribution in [0.25, 0.3) is 0 Å². The van der Waals surface area contributed by atoms with Crippen molar-refractivity contribution in [1.82, 2.24) is 5.32 Å². The van der Waals surface area contributed by atoms with Gasteiger partial charge in [-0.2, -0.15) is 0 Å². The first-order chi connectivity index (χ1) is 7.22. The highest BCUT2D eigenvalue weighted by molar-refractivity contribution is 4.77.